The summed E-state index contributed by atoms with van der Waals surface area (Å²) in [6.45, 7) is 3.07. The zero-order chi connectivity index (χ0) is 13.9. The van der Waals surface area contributed by atoms with Crippen LogP contribution in [0.4, 0.5) is 5.69 Å². The Kier molecular flexibility index (Phi) is 3.61. The third-order valence-electron chi connectivity index (χ3n) is 3.89. The lowest BCUT2D eigenvalue weighted by atomic mass is 9.98. The van der Waals surface area contributed by atoms with E-state index in [1.54, 1.807) is 7.11 Å². The quantitative estimate of drug-likeness (QED) is 0.870. The van der Waals surface area contributed by atoms with E-state index in [9.17, 15) is 0 Å². The second-order valence-corrected chi connectivity index (χ2v) is 5.34. The molecule has 2 aromatic rings. The highest BCUT2D eigenvalue weighted by Crippen LogP contribution is 2.23. The molecule has 0 unspecified atom stereocenters. The van der Waals surface area contributed by atoms with E-state index in [2.05, 4.69) is 29.2 Å². The van der Waals surface area contributed by atoms with Gasteiger partial charge >= 0.3 is 0 Å². The molecule has 0 bridgehead atoms. The normalized spacial score (nSPS) is 14.8. The van der Waals surface area contributed by atoms with E-state index < -0.39 is 0 Å². The molecule has 3 nitrogen and oxygen atoms in total. The van der Waals surface area contributed by atoms with Gasteiger partial charge in [-0.15, -0.1) is 0 Å². The number of fused-ring (bicyclic) bond motifs is 1. The van der Waals surface area contributed by atoms with E-state index in [0.717, 1.165) is 37.5 Å². The van der Waals surface area contributed by atoms with E-state index in [1.807, 2.05) is 18.2 Å². The van der Waals surface area contributed by atoms with Crippen LogP contribution in [0.1, 0.15) is 16.7 Å². The Morgan fingerprint density at radius 3 is 2.65 bits per heavy atom. The number of methoxy groups -OCH3 is 1. The van der Waals surface area contributed by atoms with E-state index in [0.29, 0.717) is 0 Å². The van der Waals surface area contributed by atoms with Gasteiger partial charge < -0.3 is 10.5 Å². The molecule has 0 fully saturated rings. The van der Waals surface area contributed by atoms with Crippen molar-refractivity contribution in [3.63, 3.8) is 0 Å². The number of nitrogens with two attached hydrogens (primary N) is 1. The summed E-state index contributed by atoms with van der Waals surface area (Å²) in [5.41, 5.74) is 10.8. The van der Waals surface area contributed by atoms with Crippen LogP contribution in [-0.4, -0.2) is 18.6 Å². The third kappa shape index (κ3) is 2.78. The van der Waals surface area contributed by atoms with Crippen LogP contribution in [0.25, 0.3) is 0 Å². The Hall–Kier alpha value is -2.00. The fraction of sp³-hybridized carbons (Fsp3) is 0.294. The molecule has 0 amide bonds. The maximum absolute atomic E-state index is 5.84. The molecular formula is C17H20N2O. The largest absolute Gasteiger partial charge is 0.497 e. The van der Waals surface area contributed by atoms with Gasteiger partial charge in [-0.1, -0.05) is 18.2 Å². The van der Waals surface area contributed by atoms with Crippen LogP contribution < -0.4 is 10.5 Å². The molecule has 0 saturated carbocycles. The van der Waals surface area contributed by atoms with Gasteiger partial charge in [-0.05, 0) is 47.4 Å². The second kappa shape index (κ2) is 5.55. The molecule has 1 aliphatic rings. The molecule has 0 aromatic heterocycles. The van der Waals surface area contributed by atoms with Crippen molar-refractivity contribution in [2.75, 3.05) is 19.4 Å². The summed E-state index contributed by atoms with van der Waals surface area (Å²) >= 11 is 0. The number of ether oxygens (including phenoxy) is 1. The minimum atomic E-state index is 0.868. The van der Waals surface area contributed by atoms with E-state index >= 15 is 0 Å². The Bertz CT molecular complexity index is 592. The van der Waals surface area contributed by atoms with E-state index in [-0.39, 0.29) is 0 Å². The van der Waals surface area contributed by atoms with Crippen LogP contribution in [0.15, 0.2) is 42.5 Å². The van der Waals surface area contributed by atoms with Crippen LogP contribution in [0, 0.1) is 0 Å². The van der Waals surface area contributed by atoms with Gasteiger partial charge in [-0.2, -0.15) is 0 Å². The van der Waals surface area contributed by atoms with Gasteiger partial charge in [-0.25, -0.2) is 0 Å². The van der Waals surface area contributed by atoms with Gasteiger partial charge in [0.2, 0.25) is 0 Å². The van der Waals surface area contributed by atoms with Gasteiger partial charge in [0.1, 0.15) is 5.75 Å². The number of nitrogen functional groups attached to an aromatic ring is 1. The zero-order valence-electron chi connectivity index (χ0n) is 11.8. The fourth-order valence-corrected chi connectivity index (χ4v) is 2.76. The summed E-state index contributed by atoms with van der Waals surface area (Å²) in [6, 6.07) is 14.6. The van der Waals surface area contributed by atoms with Crippen molar-refractivity contribution in [2.24, 2.45) is 0 Å². The Labute approximate surface area is 120 Å². The highest BCUT2D eigenvalue weighted by molar-refractivity contribution is 5.45. The van der Waals surface area contributed by atoms with Crippen molar-refractivity contribution in [3.8, 4) is 5.75 Å². The van der Waals surface area contributed by atoms with Crippen molar-refractivity contribution in [2.45, 2.75) is 19.5 Å². The van der Waals surface area contributed by atoms with Crippen LogP contribution in [-0.2, 0) is 19.5 Å². The SMILES string of the molecule is COc1ccc(CN2CCc3cc(N)ccc3C2)cc1. The summed E-state index contributed by atoms with van der Waals surface area (Å²) in [4.78, 5) is 2.47. The molecule has 1 aliphatic heterocycles. The number of nitrogens with zero attached hydrogens (tertiary/aromatic N) is 1. The maximum atomic E-state index is 5.84. The molecular weight excluding hydrogens is 248 g/mol. The van der Waals surface area contributed by atoms with Crippen molar-refractivity contribution >= 4 is 5.69 Å². The van der Waals surface area contributed by atoms with Gasteiger partial charge in [-0.3, -0.25) is 4.90 Å². The van der Waals surface area contributed by atoms with Crippen LogP contribution in [0.2, 0.25) is 0 Å². The zero-order valence-corrected chi connectivity index (χ0v) is 11.8. The predicted octanol–water partition coefficient (Wildman–Crippen LogP) is 2.84. The maximum Gasteiger partial charge on any atom is 0.118 e. The molecule has 3 heteroatoms. The second-order valence-electron chi connectivity index (χ2n) is 5.34. The first kappa shape index (κ1) is 13.0. The topological polar surface area (TPSA) is 38.5 Å². The average molecular weight is 268 g/mol. The van der Waals surface area contributed by atoms with Crippen molar-refractivity contribution < 1.29 is 4.74 Å². The molecule has 104 valence electrons. The lowest BCUT2D eigenvalue weighted by molar-refractivity contribution is 0.245. The summed E-state index contributed by atoms with van der Waals surface area (Å²) in [5.74, 6) is 0.910. The summed E-state index contributed by atoms with van der Waals surface area (Å²) in [7, 11) is 1.70. The summed E-state index contributed by atoms with van der Waals surface area (Å²) < 4.78 is 5.19. The first-order valence-corrected chi connectivity index (χ1v) is 6.97. The molecule has 3 rings (SSSR count). The first-order valence-electron chi connectivity index (χ1n) is 6.97. The molecule has 0 spiro atoms. The number of anilines is 1. The van der Waals surface area contributed by atoms with Crippen molar-refractivity contribution in [3.05, 3.63) is 59.2 Å². The smallest absolute Gasteiger partial charge is 0.118 e. The molecule has 2 N–H and O–H groups in total. The number of hydrogen-bond acceptors (Lipinski definition) is 3. The molecule has 2 aromatic carbocycles. The van der Waals surface area contributed by atoms with E-state index in [1.165, 1.54) is 16.7 Å². The molecule has 0 radical (unpaired) electrons. The number of benzene rings is 2. The molecule has 1 heterocycles. The standard InChI is InChI=1S/C17H20N2O/c1-20-17-6-2-13(3-7-17)11-19-9-8-14-10-16(18)5-4-15(14)12-19/h2-7,10H,8-9,11-12,18H2,1H3. The monoisotopic (exact) mass is 268 g/mol. The van der Waals surface area contributed by atoms with Crippen molar-refractivity contribution in [1.82, 2.24) is 4.90 Å². The number of rotatable bonds is 3. The van der Waals surface area contributed by atoms with Gasteiger partial charge in [0, 0.05) is 25.3 Å². The van der Waals surface area contributed by atoms with Crippen LogP contribution >= 0.6 is 0 Å². The Morgan fingerprint density at radius 2 is 1.90 bits per heavy atom. The lowest BCUT2D eigenvalue weighted by Crippen LogP contribution is -2.30. The molecule has 0 saturated heterocycles. The average Bonchev–Trinajstić information content (AvgIpc) is 2.48. The predicted molar refractivity (Wildman–Crippen MR) is 81.7 cm³/mol. The molecule has 20 heavy (non-hydrogen) atoms. The lowest BCUT2D eigenvalue weighted by Gasteiger charge is -2.29. The highest BCUT2D eigenvalue weighted by Gasteiger charge is 2.16. The van der Waals surface area contributed by atoms with Gasteiger partial charge in [0.25, 0.3) is 0 Å². The van der Waals surface area contributed by atoms with Crippen LogP contribution in [0.3, 0.4) is 0 Å². The molecule has 0 aliphatic carbocycles. The van der Waals surface area contributed by atoms with Gasteiger partial charge in [0.15, 0.2) is 0 Å². The first-order chi connectivity index (χ1) is 9.74. The van der Waals surface area contributed by atoms with Crippen LogP contribution in [0.5, 0.6) is 5.75 Å². The Balaban J connectivity index is 1.69. The third-order valence-corrected chi connectivity index (χ3v) is 3.89. The van der Waals surface area contributed by atoms with Crippen molar-refractivity contribution in [1.29, 1.82) is 0 Å². The summed E-state index contributed by atoms with van der Waals surface area (Å²) in [5, 5.41) is 0. The highest BCUT2D eigenvalue weighted by atomic mass is 16.5. The van der Waals surface area contributed by atoms with E-state index in [4.69, 9.17) is 10.5 Å². The van der Waals surface area contributed by atoms with Gasteiger partial charge in [0.05, 0.1) is 7.11 Å². The fourth-order valence-electron chi connectivity index (χ4n) is 2.76. The minimum absolute atomic E-state index is 0.868. The Morgan fingerprint density at radius 1 is 1.10 bits per heavy atom. The summed E-state index contributed by atoms with van der Waals surface area (Å²) in [6.07, 6.45) is 1.08. The minimum Gasteiger partial charge on any atom is -0.497 e. The molecule has 0 atom stereocenters. The number of hydrogen-bond donors (Lipinski definition) is 1.